The molecule has 2 heterocycles. The Morgan fingerprint density at radius 1 is 1.29 bits per heavy atom. The highest BCUT2D eigenvalue weighted by Crippen LogP contribution is 2.33. The van der Waals surface area contributed by atoms with E-state index in [9.17, 15) is 4.79 Å². The van der Waals surface area contributed by atoms with Crippen LogP contribution in [-0.4, -0.2) is 40.3 Å². The standard InChI is InChI=1S/C13H23BrN2O/c1-13(2,14)12(17)15-9-7-10-5-4-6-11(8-9)16(10)3/h9-11H,4-8H2,1-3H3,(H,15,17). The molecule has 2 rings (SSSR count). The maximum absolute atomic E-state index is 12.0. The Kier molecular flexibility index (Phi) is 3.83. The number of nitrogens with zero attached hydrogens (tertiary/aromatic N) is 1. The first-order chi connectivity index (χ1) is 7.88. The van der Waals surface area contributed by atoms with Crippen LogP contribution in [0.25, 0.3) is 0 Å². The van der Waals surface area contributed by atoms with Crippen LogP contribution in [0.4, 0.5) is 0 Å². The molecule has 1 N–H and O–H groups in total. The molecule has 2 aliphatic rings. The minimum atomic E-state index is -0.453. The summed E-state index contributed by atoms with van der Waals surface area (Å²) in [6.07, 6.45) is 6.15. The third kappa shape index (κ3) is 3.02. The Labute approximate surface area is 112 Å². The van der Waals surface area contributed by atoms with E-state index >= 15 is 0 Å². The number of hydrogen-bond donors (Lipinski definition) is 1. The van der Waals surface area contributed by atoms with Gasteiger partial charge in [-0.3, -0.25) is 4.79 Å². The molecule has 2 fully saturated rings. The molecule has 0 saturated carbocycles. The first kappa shape index (κ1) is 13.3. The predicted molar refractivity (Wildman–Crippen MR) is 73.4 cm³/mol. The summed E-state index contributed by atoms with van der Waals surface area (Å²) in [6, 6.07) is 1.71. The fourth-order valence-electron chi connectivity index (χ4n) is 3.09. The van der Waals surface area contributed by atoms with Gasteiger partial charge in [0.05, 0.1) is 4.32 Å². The van der Waals surface area contributed by atoms with Gasteiger partial charge in [0.1, 0.15) is 0 Å². The van der Waals surface area contributed by atoms with Gasteiger partial charge in [-0.15, -0.1) is 0 Å². The summed E-state index contributed by atoms with van der Waals surface area (Å²) >= 11 is 3.42. The van der Waals surface area contributed by atoms with Gasteiger partial charge in [0.15, 0.2) is 0 Å². The van der Waals surface area contributed by atoms with E-state index in [1.165, 1.54) is 19.3 Å². The van der Waals surface area contributed by atoms with Gasteiger partial charge in [-0.2, -0.15) is 0 Å². The van der Waals surface area contributed by atoms with E-state index in [-0.39, 0.29) is 5.91 Å². The van der Waals surface area contributed by atoms with Gasteiger partial charge in [-0.1, -0.05) is 22.4 Å². The molecule has 98 valence electrons. The minimum absolute atomic E-state index is 0.116. The fourth-order valence-corrected chi connectivity index (χ4v) is 3.21. The van der Waals surface area contributed by atoms with Gasteiger partial charge in [0.2, 0.25) is 5.91 Å². The summed E-state index contributed by atoms with van der Waals surface area (Å²) in [6.45, 7) is 3.80. The third-order valence-corrected chi connectivity index (χ3v) is 4.58. The van der Waals surface area contributed by atoms with Gasteiger partial charge in [0.25, 0.3) is 0 Å². The van der Waals surface area contributed by atoms with E-state index < -0.39 is 4.32 Å². The number of piperidine rings is 2. The number of nitrogens with one attached hydrogen (secondary N) is 1. The van der Waals surface area contributed by atoms with Crippen LogP contribution in [0, 0.1) is 0 Å². The number of carbonyl (C=O) groups is 1. The lowest BCUT2D eigenvalue weighted by molar-refractivity contribution is -0.124. The van der Waals surface area contributed by atoms with Crippen LogP contribution < -0.4 is 5.32 Å². The molecular weight excluding hydrogens is 280 g/mol. The zero-order valence-corrected chi connectivity index (χ0v) is 12.6. The summed E-state index contributed by atoms with van der Waals surface area (Å²) in [5.41, 5.74) is 0. The van der Waals surface area contributed by atoms with Gasteiger partial charge in [-0.25, -0.2) is 0 Å². The first-order valence-electron chi connectivity index (χ1n) is 6.59. The number of alkyl halides is 1. The van der Waals surface area contributed by atoms with E-state index in [1.807, 2.05) is 13.8 Å². The monoisotopic (exact) mass is 302 g/mol. The molecule has 2 aliphatic heterocycles. The lowest BCUT2D eigenvalue weighted by atomic mass is 9.82. The fraction of sp³-hybridized carbons (Fsp3) is 0.923. The maximum Gasteiger partial charge on any atom is 0.236 e. The highest BCUT2D eigenvalue weighted by molar-refractivity contribution is 9.10. The predicted octanol–water partition coefficient (Wildman–Crippen LogP) is 2.29. The lowest BCUT2D eigenvalue weighted by Crippen LogP contribution is -2.56. The van der Waals surface area contributed by atoms with Crippen molar-refractivity contribution in [2.75, 3.05) is 7.05 Å². The van der Waals surface area contributed by atoms with Crippen LogP contribution >= 0.6 is 15.9 Å². The van der Waals surface area contributed by atoms with E-state index in [0.29, 0.717) is 18.1 Å². The van der Waals surface area contributed by atoms with Crippen molar-refractivity contribution >= 4 is 21.8 Å². The Morgan fingerprint density at radius 3 is 2.29 bits per heavy atom. The molecule has 0 aromatic carbocycles. The molecule has 2 unspecified atom stereocenters. The van der Waals surface area contributed by atoms with Crippen molar-refractivity contribution in [3.05, 3.63) is 0 Å². The van der Waals surface area contributed by atoms with Crippen molar-refractivity contribution in [2.45, 2.75) is 68.4 Å². The van der Waals surface area contributed by atoms with Gasteiger partial charge < -0.3 is 10.2 Å². The zero-order chi connectivity index (χ0) is 12.6. The number of carbonyl (C=O) groups excluding carboxylic acids is 1. The van der Waals surface area contributed by atoms with Crippen LogP contribution in [0.2, 0.25) is 0 Å². The number of amides is 1. The molecule has 17 heavy (non-hydrogen) atoms. The molecule has 4 heteroatoms. The lowest BCUT2D eigenvalue weighted by Gasteiger charge is -2.47. The molecule has 2 bridgehead atoms. The van der Waals surface area contributed by atoms with Crippen molar-refractivity contribution in [1.29, 1.82) is 0 Å². The van der Waals surface area contributed by atoms with Crippen molar-refractivity contribution in [3.8, 4) is 0 Å². The van der Waals surface area contributed by atoms with E-state index in [1.54, 1.807) is 0 Å². The molecule has 1 amide bonds. The Morgan fingerprint density at radius 2 is 1.82 bits per heavy atom. The van der Waals surface area contributed by atoms with Crippen LogP contribution in [-0.2, 0) is 4.79 Å². The Bertz CT molecular complexity index is 286. The largest absolute Gasteiger partial charge is 0.352 e. The molecular formula is C13H23BrN2O. The smallest absolute Gasteiger partial charge is 0.236 e. The summed E-state index contributed by atoms with van der Waals surface area (Å²) in [5, 5.41) is 3.20. The number of halogens is 1. The normalized spacial score (nSPS) is 34.5. The number of rotatable bonds is 2. The molecule has 3 nitrogen and oxygen atoms in total. The van der Waals surface area contributed by atoms with Crippen LogP contribution in [0.5, 0.6) is 0 Å². The van der Waals surface area contributed by atoms with Crippen LogP contribution in [0.1, 0.15) is 46.0 Å². The van der Waals surface area contributed by atoms with Gasteiger partial charge in [0, 0.05) is 18.1 Å². The molecule has 0 radical (unpaired) electrons. The van der Waals surface area contributed by atoms with Gasteiger partial charge in [-0.05, 0) is 46.6 Å². The molecule has 2 atom stereocenters. The molecule has 0 aromatic rings. The van der Waals surface area contributed by atoms with Crippen molar-refractivity contribution in [3.63, 3.8) is 0 Å². The summed E-state index contributed by atoms with van der Waals surface area (Å²) < 4.78 is -0.453. The molecule has 2 saturated heterocycles. The van der Waals surface area contributed by atoms with Crippen LogP contribution in [0.15, 0.2) is 0 Å². The topological polar surface area (TPSA) is 32.3 Å². The number of hydrogen-bond acceptors (Lipinski definition) is 2. The highest BCUT2D eigenvalue weighted by Gasteiger charge is 2.37. The van der Waals surface area contributed by atoms with Crippen molar-refractivity contribution in [2.24, 2.45) is 0 Å². The van der Waals surface area contributed by atoms with Gasteiger partial charge >= 0.3 is 0 Å². The quantitative estimate of drug-likeness (QED) is 0.794. The maximum atomic E-state index is 12.0. The third-order valence-electron chi connectivity index (χ3n) is 4.21. The summed E-state index contributed by atoms with van der Waals surface area (Å²) in [7, 11) is 2.24. The molecule has 0 aliphatic carbocycles. The second-order valence-corrected chi connectivity index (χ2v) is 8.00. The Balaban J connectivity index is 1.94. The zero-order valence-electron chi connectivity index (χ0n) is 11.0. The second-order valence-electron chi connectivity index (χ2n) is 6.02. The molecule has 0 aromatic heterocycles. The average Bonchev–Trinajstić information content (AvgIpc) is 2.18. The molecule has 0 spiro atoms. The average molecular weight is 303 g/mol. The first-order valence-corrected chi connectivity index (χ1v) is 7.39. The highest BCUT2D eigenvalue weighted by atomic mass is 79.9. The summed E-state index contributed by atoms with van der Waals surface area (Å²) in [5.74, 6) is 0.116. The number of fused-ring (bicyclic) bond motifs is 2. The van der Waals surface area contributed by atoms with Crippen LogP contribution in [0.3, 0.4) is 0 Å². The SMILES string of the molecule is CN1C2CCCC1CC(NC(=O)C(C)(C)Br)C2. The Hall–Kier alpha value is -0.0900. The van der Waals surface area contributed by atoms with E-state index in [0.717, 1.165) is 12.8 Å². The second kappa shape index (κ2) is 4.88. The van der Waals surface area contributed by atoms with Crippen molar-refractivity contribution < 1.29 is 4.79 Å². The summed E-state index contributed by atoms with van der Waals surface area (Å²) in [4.78, 5) is 14.5. The van der Waals surface area contributed by atoms with Crippen molar-refractivity contribution in [1.82, 2.24) is 10.2 Å². The van der Waals surface area contributed by atoms with E-state index in [4.69, 9.17) is 0 Å². The van der Waals surface area contributed by atoms with E-state index in [2.05, 4.69) is 33.2 Å². The minimum Gasteiger partial charge on any atom is -0.352 e.